The fraction of sp³-hybridized carbons (Fsp3) is 0.500. The standard InChI is InChI=1S/C16H21ClN2O2/c1-4-6-13-14(20)19(16(2,3)15(21)18-13)10-11-7-5-8-12(17)9-11/h5,7-9,13H,4,6,10H2,1-3H3,(H,18,21). The first-order valence-electron chi connectivity index (χ1n) is 7.23. The number of hydrogen-bond acceptors (Lipinski definition) is 2. The van der Waals surface area contributed by atoms with Crippen molar-refractivity contribution >= 4 is 23.4 Å². The average Bonchev–Trinajstić information content (AvgIpc) is 2.42. The Morgan fingerprint density at radius 2 is 2.05 bits per heavy atom. The molecule has 4 nitrogen and oxygen atoms in total. The van der Waals surface area contributed by atoms with Gasteiger partial charge in [-0.1, -0.05) is 37.1 Å². The monoisotopic (exact) mass is 308 g/mol. The Morgan fingerprint density at radius 3 is 2.67 bits per heavy atom. The van der Waals surface area contributed by atoms with Gasteiger partial charge in [-0.15, -0.1) is 0 Å². The number of carbonyl (C=O) groups excluding carboxylic acids is 2. The van der Waals surface area contributed by atoms with Crippen molar-refractivity contribution < 1.29 is 9.59 Å². The summed E-state index contributed by atoms with van der Waals surface area (Å²) >= 11 is 5.99. The van der Waals surface area contributed by atoms with Gasteiger partial charge in [0, 0.05) is 11.6 Å². The average molecular weight is 309 g/mol. The van der Waals surface area contributed by atoms with Gasteiger partial charge in [0.15, 0.2) is 0 Å². The second-order valence-electron chi connectivity index (χ2n) is 5.93. The summed E-state index contributed by atoms with van der Waals surface area (Å²) in [6.45, 7) is 5.93. The van der Waals surface area contributed by atoms with E-state index in [-0.39, 0.29) is 11.8 Å². The number of nitrogens with zero attached hydrogens (tertiary/aromatic N) is 1. The number of piperazine rings is 1. The van der Waals surface area contributed by atoms with E-state index in [9.17, 15) is 9.59 Å². The minimum Gasteiger partial charge on any atom is -0.342 e. The normalized spacial score (nSPS) is 21.3. The van der Waals surface area contributed by atoms with E-state index in [0.717, 1.165) is 12.0 Å². The maximum absolute atomic E-state index is 12.6. The molecule has 0 aliphatic carbocycles. The highest BCUT2D eigenvalue weighted by Crippen LogP contribution is 2.25. The molecule has 5 heteroatoms. The molecule has 0 spiro atoms. The highest BCUT2D eigenvalue weighted by Gasteiger charge is 2.45. The SMILES string of the molecule is CCCC1NC(=O)C(C)(C)N(Cc2cccc(Cl)c2)C1=O. The molecule has 1 heterocycles. The molecular formula is C16H21ClN2O2. The van der Waals surface area contributed by atoms with E-state index in [4.69, 9.17) is 11.6 Å². The lowest BCUT2D eigenvalue weighted by Crippen LogP contribution is -2.67. The highest BCUT2D eigenvalue weighted by atomic mass is 35.5. The van der Waals surface area contributed by atoms with Crippen molar-refractivity contribution in [1.29, 1.82) is 0 Å². The van der Waals surface area contributed by atoms with Crippen LogP contribution >= 0.6 is 11.6 Å². The van der Waals surface area contributed by atoms with Crippen LogP contribution < -0.4 is 5.32 Å². The van der Waals surface area contributed by atoms with Crippen LogP contribution in [-0.2, 0) is 16.1 Å². The first-order chi connectivity index (χ1) is 9.86. The molecule has 2 rings (SSSR count). The molecule has 1 aliphatic heterocycles. The third kappa shape index (κ3) is 3.21. The molecular weight excluding hydrogens is 288 g/mol. The van der Waals surface area contributed by atoms with E-state index >= 15 is 0 Å². The molecule has 1 atom stereocenters. The Balaban J connectivity index is 2.28. The molecule has 1 saturated heterocycles. The van der Waals surface area contributed by atoms with E-state index < -0.39 is 11.6 Å². The van der Waals surface area contributed by atoms with Gasteiger partial charge in [0.25, 0.3) is 0 Å². The first-order valence-corrected chi connectivity index (χ1v) is 7.61. The summed E-state index contributed by atoms with van der Waals surface area (Å²) < 4.78 is 0. The molecule has 1 unspecified atom stereocenters. The summed E-state index contributed by atoms with van der Waals surface area (Å²) in [4.78, 5) is 26.6. The number of benzene rings is 1. The van der Waals surface area contributed by atoms with Crippen molar-refractivity contribution in [3.8, 4) is 0 Å². The van der Waals surface area contributed by atoms with Crippen LogP contribution in [0.3, 0.4) is 0 Å². The molecule has 1 aromatic rings. The molecule has 1 N–H and O–H groups in total. The molecule has 114 valence electrons. The van der Waals surface area contributed by atoms with Crippen molar-refractivity contribution in [3.63, 3.8) is 0 Å². The summed E-state index contributed by atoms with van der Waals surface area (Å²) in [5, 5.41) is 3.46. The summed E-state index contributed by atoms with van der Waals surface area (Å²) in [5.41, 5.74) is 0.0674. The molecule has 0 radical (unpaired) electrons. The molecule has 1 aliphatic rings. The quantitative estimate of drug-likeness (QED) is 0.930. The number of nitrogens with one attached hydrogen (secondary N) is 1. The zero-order chi connectivity index (χ0) is 15.6. The minimum absolute atomic E-state index is 0.0265. The number of rotatable bonds is 4. The van der Waals surface area contributed by atoms with Gasteiger partial charge in [-0.3, -0.25) is 9.59 Å². The van der Waals surface area contributed by atoms with E-state index in [1.165, 1.54) is 0 Å². The second kappa shape index (κ2) is 6.06. The van der Waals surface area contributed by atoms with Crippen LogP contribution in [0.25, 0.3) is 0 Å². The van der Waals surface area contributed by atoms with Crippen molar-refractivity contribution in [2.24, 2.45) is 0 Å². The summed E-state index contributed by atoms with van der Waals surface area (Å²) in [6.07, 6.45) is 1.51. The molecule has 1 fully saturated rings. The Hall–Kier alpha value is -1.55. The van der Waals surface area contributed by atoms with Crippen LogP contribution in [0.4, 0.5) is 0 Å². The molecule has 21 heavy (non-hydrogen) atoms. The van der Waals surface area contributed by atoms with Gasteiger partial charge >= 0.3 is 0 Å². The van der Waals surface area contributed by atoms with Gasteiger partial charge in [0.2, 0.25) is 11.8 Å². The Morgan fingerprint density at radius 1 is 1.33 bits per heavy atom. The van der Waals surface area contributed by atoms with Crippen molar-refractivity contribution in [2.45, 2.75) is 51.7 Å². The van der Waals surface area contributed by atoms with Gasteiger partial charge in [-0.2, -0.15) is 0 Å². The lowest BCUT2D eigenvalue weighted by Gasteiger charge is -2.44. The maximum atomic E-state index is 12.6. The zero-order valence-electron chi connectivity index (χ0n) is 12.6. The third-order valence-electron chi connectivity index (χ3n) is 3.91. The van der Waals surface area contributed by atoms with Crippen molar-refractivity contribution in [2.75, 3.05) is 0 Å². The van der Waals surface area contributed by atoms with Crippen LogP contribution in [0.15, 0.2) is 24.3 Å². The number of hydrogen-bond donors (Lipinski definition) is 1. The maximum Gasteiger partial charge on any atom is 0.246 e. The lowest BCUT2D eigenvalue weighted by atomic mass is 9.93. The second-order valence-corrected chi connectivity index (χ2v) is 6.36. The first kappa shape index (κ1) is 15.8. The van der Waals surface area contributed by atoms with Crippen molar-refractivity contribution in [3.05, 3.63) is 34.9 Å². The van der Waals surface area contributed by atoms with Gasteiger partial charge < -0.3 is 10.2 Å². The Kier molecular flexibility index (Phi) is 4.57. The van der Waals surface area contributed by atoms with Crippen LogP contribution in [0.5, 0.6) is 0 Å². The highest BCUT2D eigenvalue weighted by molar-refractivity contribution is 6.30. The van der Waals surface area contributed by atoms with E-state index in [0.29, 0.717) is 18.0 Å². The molecule has 2 amide bonds. The van der Waals surface area contributed by atoms with E-state index in [1.807, 2.05) is 25.1 Å². The smallest absolute Gasteiger partial charge is 0.246 e. The molecule has 1 aromatic carbocycles. The molecule has 0 aromatic heterocycles. The van der Waals surface area contributed by atoms with Crippen LogP contribution in [0, 0.1) is 0 Å². The van der Waals surface area contributed by atoms with E-state index in [1.54, 1.807) is 24.8 Å². The molecule has 0 saturated carbocycles. The third-order valence-corrected chi connectivity index (χ3v) is 4.14. The number of carbonyl (C=O) groups is 2. The van der Waals surface area contributed by atoms with Crippen molar-refractivity contribution in [1.82, 2.24) is 10.2 Å². The fourth-order valence-electron chi connectivity index (χ4n) is 2.56. The predicted molar refractivity (Wildman–Crippen MR) is 82.9 cm³/mol. The van der Waals surface area contributed by atoms with Gasteiger partial charge in [-0.25, -0.2) is 0 Å². The van der Waals surface area contributed by atoms with Crippen LogP contribution in [0.1, 0.15) is 39.2 Å². The zero-order valence-corrected chi connectivity index (χ0v) is 13.4. The number of amides is 2. The molecule has 0 bridgehead atoms. The fourth-order valence-corrected chi connectivity index (χ4v) is 2.77. The van der Waals surface area contributed by atoms with E-state index in [2.05, 4.69) is 5.32 Å². The Bertz CT molecular complexity index is 557. The summed E-state index contributed by atoms with van der Waals surface area (Å²) in [5.74, 6) is -0.135. The largest absolute Gasteiger partial charge is 0.342 e. The van der Waals surface area contributed by atoms with Crippen LogP contribution in [-0.4, -0.2) is 28.3 Å². The summed E-state index contributed by atoms with van der Waals surface area (Å²) in [7, 11) is 0. The van der Waals surface area contributed by atoms with Gasteiger partial charge in [-0.05, 0) is 38.0 Å². The van der Waals surface area contributed by atoms with Gasteiger partial charge in [0.1, 0.15) is 11.6 Å². The minimum atomic E-state index is -0.857. The topological polar surface area (TPSA) is 49.4 Å². The lowest BCUT2D eigenvalue weighted by molar-refractivity contribution is -0.156. The van der Waals surface area contributed by atoms with Crippen LogP contribution in [0.2, 0.25) is 5.02 Å². The van der Waals surface area contributed by atoms with Gasteiger partial charge in [0.05, 0.1) is 0 Å². The summed E-state index contributed by atoms with van der Waals surface area (Å²) in [6, 6.07) is 6.96. The Labute approximate surface area is 130 Å². The predicted octanol–water partition coefficient (Wildman–Crippen LogP) is 2.75. The number of halogens is 1.